The Morgan fingerprint density at radius 1 is 0.923 bits per heavy atom. The number of aryl methyl sites for hydroxylation is 1. The Hall–Kier alpha value is -1.61. The van der Waals surface area contributed by atoms with Gasteiger partial charge in [-0.2, -0.15) is 4.31 Å². The minimum atomic E-state index is -3.84. The van der Waals surface area contributed by atoms with Crippen LogP contribution in [0.5, 0.6) is 0 Å². The molecule has 0 bridgehead atoms. The van der Waals surface area contributed by atoms with Crippen LogP contribution in [-0.4, -0.2) is 34.2 Å². The van der Waals surface area contributed by atoms with E-state index in [1.165, 1.54) is 28.6 Å². The number of benzene rings is 2. The molecular weight excluding hydrogens is 396 g/mol. The molecule has 0 amide bonds. The first-order valence-electron chi connectivity index (χ1n) is 8.01. The Balaban J connectivity index is 2.32. The molecule has 0 saturated heterocycles. The van der Waals surface area contributed by atoms with Crippen molar-refractivity contribution in [2.45, 2.75) is 30.6 Å². The van der Waals surface area contributed by atoms with Crippen molar-refractivity contribution in [1.29, 1.82) is 0 Å². The molecular formula is C17H21ClN2O4S2. The quantitative estimate of drug-likeness (QED) is 0.748. The molecule has 0 heterocycles. The fraction of sp³-hybridized carbons (Fsp3) is 0.294. The molecule has 0 aromatic heterocycles. The standard InChI is InChI=1S/C17H21ClN2O4S2/c1-4-20(5-2)26(23,24)16-9-7-15(8-10-16)25(21,22)19-17-11-6-14(18)12-13(17)3/h6-12,19H,4-5H2,1-3H3. The highest BCUT2D eigenvalue weighted by atomic mass is 35.5. The van der Waals surface area contributed by atoms with Crippen molar-refractivity contribution >= 4 is 37.3 Å². The lowest BCUT2D eigenvalue weighted by Gasteiger charge is -2.18. The summed E-state index contributed by atoms with van der Waals surface area (Å²) in [6, 6.07) is 9.99. The van der Waals surface area contributed by atoms with Crippen LogP contribution < -0.4 is 4.72 Å². The Kier molecular flexibility index (Phi) is 6.33. The molecule has 26 heavy (non-hydrogen) atoms. The molecule has 0 aliphatic rings. The van der Waals surface area contributed by atoms with Gasteiger partial charge < -0.3 is 0 Å². The van der Waals surface area contributed by atoms with Gasteiger partial charge in [-0.15, -0.1) is 0 Å². The van der Waals surface area contributed by atoms with Crippen LogP contribution in [0.2, 0.25) is 5.02 Å². The van der Waals surface area contributed by atoms with E-state index in [0.29, 0.717) is 29.4 Å². The van der Waals surface area contributed by atoms with Crippen LogP contribution in [0.4, 0.5) is 5.69 Å². The summed E-state index contributed by atoms with van der Waals surface area (Å²) >= 11 is 5.88. The lowest BCUT2D eigenvalue weighted by Crippen LogP contribution is -2.30. The molecule has 0 spiro atoms. The van der Waals surface area contributed by atoms with Crippen LogP contribution in [0.15, 0.2) is 52.3 Å². The lowest BCUT2D eigenvalue weighted by atomic mass is 10.2. The largest absolute Gasteiger partial charge is 0.279 e. The topological polar surface area (TPSA) is 83.6 Å². The van der Waals surface area contributed by atoms with Crippen LogP contribution in [0, 0.1) is 6.92 Å². The Morgan fingerprint density at radius 3 is 1.96 bits per heavy atom. The third-order valence-electron chi connectivity index (χ3n) is 3.91. The molecule has 0 atom stereocenters. The molecule has 0 aliphatic heterocycles. The molecule has 2 aromatic rings. The summed E-state index contributed by atoms with van der Waals surface area (Å²) in [5, 5.41) is 0.511. The highest BCUT2D eigenvalue weighted by Gasteiger charge is 2.23. The van der Waals surface area contributed by atoms with Crippen LogP contribution in [-0.2, 0) is 20.0 Å². The fourth-order valence-electron chi connectivity index (χ4n) is 2.45. The van der Waals surface area contributed by atoms with Gasteiger partial charge in [0.15, 0.2) is 0 Å². The second-order valence-corrected chi connectivity index (χ2v) is 9.68. The van der Waals surface area contributed by atoms with E-state index in [4.69, 9.17) is 11.6 Å². The van der Waals surface area contributed by atoms with E-state index in [2.05, 4.69) is 4.72 Å². The van der Waals surface area contributed by atoms with E-state index < -0.39 is 20.0 Å². The first-order valence-corrected chi connectivity index (χ1v) is 11.3. The maximum Gasteiger partial charge on any atom is 0.261 e. The zero-order chi connectivity index (χ0) is 19.5. The van der Waals surface area contributed by atoms with Gasteiger partial charge in [-0.3, -0.25) is 4.72 Å². The number of nitrogens with zero attached hydrogens (tertiary/aromatic N) is 1. The van der Waals surface area contributed by atoms with Crippen molar-refractivity contribution in [2.75, 3.05) is 17.8 Å². The normalized spacial score (nSPS) is 12.3. The fourth-order valence-corrected chi connectivity index (χ4v) is 5.26. The minimum Gasteiger partial charge on any atom is -0.279 e. The molecule has 142 valence electrons. The van der Waals surface area contributed by atoms with Gasteiger partial charge in [0.1, 0.15) is 0 Å². The number of nitrogens with one attached hydrogen (secondary N) is 1. The van der Waals surface area contributed by atoms with Gasteiger partial charge in [0.25, 0.3) is 10.0 Å². The second kappa shape index (κ2) is 7.96. The van der Waals surface area contributed by atoms with E-state index in [0.717, 1.165) is 0 Å². The summed E-state index contributed by atoms with van der Waals surface area (Å²) in [5.74, 6) is 0. The molecule has 0 fully saturated rings. The minimum absolute atomic E-state index is 0.0228. The van der Waals surface area contributed by atoms with E-state index >= 15 is 0 Å². The predicted octanol–water partition coefficient (Wildman–Crippen LogP) is 3.48. The zero-order valence-electron chi connectivity index (χ0n) is 14.7. The Labute approximate surface area is 159 Å². The van der Waals surface area contributed by atoms with Crippen LogP contribution in [0.3, 0.4) is 0 Å². The smallest absolute Gasteiger partial charge is 0.261 e. The average molecular weight is 417 g/mol. The number of anilines is 1. The van der Waals surface area contributed by atoms with Gasteiger partial charge >= 0.3 is 0 Å². The van der Waals surface area contributed by atoms with Gasteiger partial charge in [0.2, 0.25) is 10.0 Å². The maximum atomic E-state index is 12.5. The zero-order valence-corrected chi connectivity index (χ0v) is 17.1. The number of hydrogen-bond acceptors (Lipinski definition) is 4. The summed E-state index contributed by atoms with van der Waals surface area (Å²) in [5.41, 5.74) is 1.09. The number of halogens is 1. The highest BCUT2D eigenvalue weighted by molar-refractivity contribution is 7.92. The van der Waals surface area contributed by atoms with Crippen molar-refractivity contribution in [3.8, 4) is 0 Å². The summed E-state index contributed by atoms with van der Waals surface area (Å²) < 4.78 is 53.8. The van der Waals surface area contributed by atoms with Crippen molar-refractivity contribution in [3.63, 3.8) is 0 Å². The first-order chi connectivity index (χ1) is 12.1. The van der Waals surface area contributed by atoms with Gasteiger partial charge in [-0.25, -0.2) is 16.8 Å². The molecule has 1 N–H and O–H groups in total. The maximum absolute atomic E-state index is 12.5. The van der Waals surface area contributed by atoms with Gasteiger partial charge in [-0.1, -0.05) is 25.4 Å². The number of hydrogen-bond donors (Lipinski definition) is 1. The molecule has 9 heteroatoms. The lowest BCUT2D eigenvalue weighted by molar-refractivity contribution is 0.445. The monoisotopic (exact) mass is 416 g/mol. The molecule has 6 nitrogen and oxygen atoms in total. The van der Waals surface area contributed by atoms with Crippen LogP contribution in [0.1, 0.15) is 19.4 Å². The number of rotatable bonds is 7. The van der Waals surface area contributed by atoms with Crippen molar-refractivity contribution < 1.29 is 16.8 Å². The van der Waals surface area contributed by atoms with Crippen molar-refractivity contribution in [2.24, 2.45) is 0 Å². The summed E-state index contributed by atoms with van der Waals surface area (Å²) in [6.07, 6.45) is 0. The van der Waals surface area contributed by atoms with Crippen molar-refractivity contribution in [3.05, 3.63) is 53.1 Å². The van der Waals surface area contributed by atoms with E-state index in [1.807, 2.05) is 0 Å². The summed E-state index contributed by atoms with van der Waals surface area (Å²) in [4.78, 5) is 0.0353. The average Bonchev–Trinajstić information content (AvgIpc) is 2.58. The Bertz CT molecular complexity index is 984. The predicted molar refractivity (Wildman–Crippen MR) is 104 cm³/mol. The molecule has 0 saturated carbocycles. The molecule has 0 unspecified atom stereocenters. The van der Waals surface area contributed by atoms with Gasteiger partial charge in [-0.05, 0) is 55.0 Å². The summed E-state index contributed by atoms with van der Waals surface area (Å²) in [6.45, 7) is 5.92. The van der Waals surface area contributed by atoms with Gasteiger partial charge in [0, 0.05) is 18.1 Å². The Morgan fingerprint density at radius 2 is 1.46 bits per heavy atom. The van der Waals surface area contributed by atoms with Crippen LogP contribution >= 0.6 is 11.6 Å². The van der Waals surface area contributed by atoms with Crippen LogP contribution in [0.25, 0.3) is 0 Å². The second-order valence-electron chi connectivity index (χ2n) is 5.63. The summed E-state index contributed by atoms with van der Waals surface area (Å²) in [7, 11) is -7.47. The first kappa shape index (κ1) is 20.7. The molecule has 2 aromatic carbocycles. The number of sulfonamides is 2. The molecule has 0 aliphatic carbocycles. The van der Waals surface area contributed by atoms with E-state index in [-0.39, 0.29) is 9.79 Å². The van der Waals surface area contributed by atoms with Gasteiger partial charge in [0.05, 0.1) is 15.5 Å². The SMILES string of the molecule is CCN(CC)S(=O)(=O)c1ccc(S(=O)(=O)Nc2ccc(Cl)cc2C)cc1. The van der Waals surface area contributed by atoms with Crippen molar-refractivity contribution in [1.82, 2.24) is 4.31 Å². The van der Waals surface area contributed by atoms with E-state index in [1.54, 1.807) is 39.0 Å². The highest BCUT2D eigenvalue weighted by Crippen LogP contribution is 2.24. The molecule has 0 radical (unpaired) electrons. The molecule has 2 rings (SSSR count). The third kappa shape index (κ3) is 4.37. The third-order valence-corrected chi connectivity index (χ3v) is 7.59. The van der Waals surface area contributed by atoms with E-state index in [9.17, 15) is 16.8 Å².